The predicted molar refractivity (Wildman–Crippen MR) is 98.3 cm³/mol. The Balaban J connectivity index is 4.10. The Labute approximate surface area is 146 Å². The van der Waals surface area contributed by atoms with Crippen LogP contribution in [0.3, 0.4) is 0 Å². The molecule has 0 rings (SSSR count). The number of hydrogen-bond donors (Lipinski definition) is 0. The monoisotopic (exact) mass is 422 g/mol. The molecule has 0 saturated heterocycles. The van der Waals surface area contributed by atoms with E-state index in [9.17, 15) is 4.79 Å². The van der Waals surface area contributed by atoms with E-state index in [-0.39, 0.29) is 10.3 Å². The molecular formula is C17H28Br2O2. The lowest BCUT2D eigenvalue weighted by molar-refractivity contribution is -0.137. The molecule has 0 spiro atoms. The molecule has 21 heavy (non-hydrogen) atoms. The van der Waals surface area contributed by atoms with Gasteiger partial charge < -0.3 is 4.74 Å². The van der Waals surface area contributed by atoms with Gasteiger partial charge in [0.15, 0.2) is 0 Å². The molecule has 0 heterocycles. The quantitative estimate of drug-likeness (QED) is 0.203. The maximum absolute atomic E-state index is 11.3. The molecule has 0 fully saturated rings. The standard InChI is InChI=1S/C17H28Br2O2/c1-6-21-16(20)12-14(3)9-7-8-13(2)10-11-15(18)17(4,5)19/h7,9,12-13,15H,6,8,10-11H2,1-5H3. The van der Waals surface area contributed by atoms with Gasteiger partial charge in [-0.1, -0.05) is 50.9 Å². The molecule has 0 amide bonds. The van der Waals surface area contributed by atoms with Gasteiger partial charge >= 0.3 is 5.97 Å². The Morgan fingerprint density at radius 1 is 1.33 bits per heavy atom. The third-order valence-corrected chi connectivity index (χ3v) is 5.98. The van der Waals surface area contributed by atoms with Gasteiger partial charge in [-0.2, -0.15) is 0 Å². The molecule has 0 aromatic carbocycles. The molecule has 0 N–H and O–H groups in total. The molecule has 2 unspecified atom stereocenters. The van der Waals surface area contributed by atoms with Crippen LogP contribution in [0.15, 0.2) is 23.8 Å². The lowest BCUT2D eigenvalue weighted by Crippen LogP contribution is -2.24. The summed E-state index contributed by atoms with van der Waals surface area (Å²) >= 11 is 7.42. The number of rotatable bonds is 9. The van der Waals surface area contributed by atoms with Gasteiger partial charge in [-0.25, -0.2) is 4.79 Å². The van der Waals surface area contributed by atoms with Crippen LogP contribution in [0.1, 0.15) is 53.9 Å². The van der Waals surface area contributed by atoms with Crippen molar-refractivity contribution in [1.29, 1.82) is 0 Å². The minimum absolute atomic E-state index is 0.127. The Hall–Kier alpha value is -0.0900. The molecule has 4 heteroatoms. The first-order chi connectivity index (χ1) is 9.66. The average Bonchev–Trinajstić information content (AvgIpc) is 2.34. The van der Waals surface area contributed by atoms with Crippen LogP contribution in [0.5, 0.6) is 0 Å². The molecule has 0 radical (unpaired) electrons. The minimum Gasteiger partial charge on any atom is -0.463 e. The maximum Gasteiger partial charge on any atom is 0.330 e. The molecule has 0 aliphatic rings. The van der Waals surface area contributed by atoms with E-state index >= 15 is 0 Å². The van der Waals surface area contributed by atoms with Crippen LogP contribution in [0, 0.1) is 5.92 Å². The summed E-state index contributed by atoms with van der Waals surface area (Å²) in [6, 6.07) is 0. The van der Waals surface area contributed by atoms with Crippen LogP contribution in [0.4, 0.5) is 0 Å². The third kappa shape index (κ3) is 11.2. The Kier molecular flexibility index (Phi) is 10.6. The molecule has 2 atom stereocenters. The molecule has 0 saturated carbocycles. The van der Waals surface area contributed by atoms with E-state index in [4.69, 9.17) is 4.74 Å². The van der Waals surface area contributed by atoms with Gasteiger partial charge in [-0.3, -0.25) is 0 Å². The van der Waals surface area contributed by atoms with E-state index in [0.717, 1.165) is 18.4 Å². The number of alkyl halides is 2. The van der Waals surface area contributed by atoms with E-state index in [0.29, 0.717) is 17.4 Å². The first kappa shape index (κ1) is 20.9. The van der Waals surface area contributed by atoms with Crippen molar-refractivity contribution in [3.8, 4) is 0 Å². The van der Waals surface area contributed by atoms with Gasteiger partial charge in [0.1, 0.15) is 0 Å². The van der Waals surface area contributed by atoms with Gasteiger partial charge in [0, 0.05) is 15.2 Å². The zero-order valence-electron chi connectivity index (χ0n) is 13.8. The van der Waals surface area contributed by atoms with Crippen LogP contribution in [-0.2, 0) is 9.53 Å². The van der Waals surface area contributed by atoms with Crippen molar-refractivity contribution in [2.45, 2.75) is 63.0 Å². The number of esters is 1. The van der Waals surface area contributed by atoms with Crippen LogP contribution < -0.4 is 0 Å². The summed E-state index contributed by atoms with van der Waals surface area (Å²) in [4.78, 5) is 11.8. The lowest BCUT2D eigenvalue weighted by atomic mass is 9.97. The minimum atomic E-state index is -0.269. The highest BCUT2D eigenvalue weighted by molar-refractivity contribution is 9.12. The van der Waals surface area contributed by atoms with Gasteiger partial charge in [0.25, 0.3) is 0 Å². The van der Waals surface area contributed by atoms with Crippen LogP contribution >= 0.6 is 31.9 Å². The summed E-state index contributed by atoms with van der Waals surface area (Å²) in [5, 5.41) is 0. The second kappa shape index (κ2) is 10.6. The van der Waals surface area contributed by atoms with Gasteiger partial charge in [-0.15, -0.1) is 0 Å². The summed E-state index contributed by atoms with van der Waals surface area (Å²) in [5.74, 6) is 0.362. The lowest BCUT2D eigenvalue weighted by Gasteiger charge is -2.24. The summed E-state index contributed by atoms with van der Waals surface area (Å²) in [5.41, 5.74) is 0.931. The summed E-state index contributed by atoms with van der Waals surface area (Å²) in [6.45, 7) is 10.8. The van der Waals surface area contributed by atoms with Crippen molar-refractivity contribution >= 4 is 37.8 Å². The Bertz CT molecular complexity index is 367. The fourth-order valence-corrected chi connectivity index (χ4v) is 2.29. The summed E-state index contributed by atoms with van der Waals surface area (Å²) in [7, 11) is 0. The Morgan fingerprint density at radius 3 is 2.48 bits per heavy atom. The SMILES string of the molecule is CCOC(=O)C=C(C)C=CCC(C)CCC(Br)C(C)(C)Br. The largest absolute Gasteiger partial charge is 0.463 e. The topological polar surface area (TPSA) is 26.3 Å². The molecule has 122 valence electrons. The predicted octanol–water partition coefficient (Wildman–Crippen LogP) is 5.80. The van der Waals surface area contributed by atoms with Crippen molar-refractivity contribution in [1.82, 2.24) is 0 Å². The fraction of sp³-hybridized carbons (Fsp3) is 0.706. The summed E-state index contributed by atoms with van der Waals surface area (Å²) < 4.78 is 5.00. The van der Waals surface area contributed by atoms with Crippen molar-refractivity contribution in [2.75, 3.05) is 6.61 Å². The van der Waals surface area contributed by atoms with Gasteiger partial charge in [0.2, 0.25) is 0 Å². The highest BCUT2D eigenvalue weighted by atomic mass is 79.9. The summed E-state index contributed by atoms with van der Waals surface area (Å²) in [6.07, 6.45) is 9.01. The van der Waals surface area contributed by atoms with E-state index in [1.54, 1.807) is 0 Å². The Morgan fingerprint density at radius 2 is 1.95 bits per heavy atom. The smallest absolute Gasteiger partial charge is 0.330 e. The molecule has 2 nitrogen and oxygen atoms in total. The number of halogens is 2. The molecule has 0 bridgehead atoms. The number of carbonyl (C=O) groups excluding carboxylic acids is 1. The zero-order valence-corrected chi connectivity index (χ0v) is 17.0. The first-order valence-electron chi connectivity index (χ1n) is 7.51. The maximum atomic E-state index is 11.3. The second-order valence-corrected chi connectivity index (χ2v) is 9.14. The fourth-order valence-electron chi connectivity index (χ4n) is 1.80. The van der Waals surface area contributed by atoms with Crippen LogP contribution in [0.2, 0.25) is 0 Å². The average molecular weight is 424 g/mol. The van der Waals surface area contributed by atoms with Gasteiger partial charge in [-0.05, 0) is 58.4 Å². The highest BCUT2D eigenvalue weighted by Gasteiger charge is 2.23. The third-order valence-electron chi connectivity index (χ3n) is 3.21. The molecular weight excluding hydrogens is 396 g/mol. The second-order valence-electron chi connectivity index (χ2n) is 5.99. The van der Waals surface area contributed by atoms with Crippen molar-refractivity contribution in [3.63, 3.8) is 0 Å². The van der Waals surface area contributed by atoms with E-state index in [1.807, 2.05) is 19.9 Å². The van der Waals surface area contributed by atoms with E-state index in [1.165, 1.54) is 12.5 Å². The molecule has 0 aromatic heterocycles. The van der Waals surface area contributed by atoms with Crippen molar-refractivity contribution < 1.29 is 9.53 Å². The number of carbonyl (C=O) groups is 1. The van der Waals surface area contributed by atoms with E-state index in [2.05, 4.69) is 58.7 Å². The highest BCUT2D eigenvalue weighted by Crippen LogP contribution is 2.31. The molecule has 0 aliphatic carbocycles. The number of hydrogen-bond acceptors (Lipinski definition) is 2. The van der Waals surface area contributed by atoms with Crippen molar-refractivity contribution in [3.05, 3.63) is 23.8 Å². The number of allylic oxidation sites excluding steroid dienone is 3. The first-order valence-corrected chi connectivity index (χ1v) is 9.22. The van der Waals surface area contributed by atoms with Crippen LogP contribution in [-0.4, -0.2) is 21.7 Å². The number of ether oxygens (including phenoxy) is 1. The van der Waals surface area contributed by atoms with Crippen molar-refractivity contribution in [2.24, 2.45) is 5.92 Å². The molecule has 0 aromatic rings. The van der Waals surface area contributed by atoms with Gasteiger partial charge in [0.05, 0.1) is 6.61 Å². The van der Waals surface area contributed by atoms with E-state index < -0.39 is 0 Å². The zero-order chi connectivity index (χ0) is 16.5. The normalized spacial score (nSPS) is 16.0. The van der Waals surface area contributed by atoms with Crippen LogP contribution in [0.25, 0.3) is 0 Å². The molecule has 0 aliphatic heterocycles.